The van der Waals surface area contributed by atoms with Crippen LogP contribution >= 0.6 is 0 Å². The minimum absolute atomic E-state index is 0.462. The molecular weight excluding hydrogens is 338 g/mol. The fraction of sp³-hybridized carbons (Fsp3) is 0.619. The lowest BCUT2D eigenvalue weighted by Crippen LogP contribution is -2.43. The Bertz CT molecular complexity index is 663. The van der Waals surface area contributed by atoms with Gasteiger partial charge in [0.2, 0.25) is 5.89 Å². The van der Waals surface area contributed by atoms with Crippen LogP contribution in [0.25, 0.3) is 0 Å². The highest BCUT2D eigenvalue weighted by atomic mass is 16.4. The van der Waals surface area contributed by atoms with Gasteiger partial charge in [-0.15, -0.1) is 5.10 Å². The second-order valence-corrected chi connectivity index (χ2v) is 6.10. The van der Waals surface area contributed by atoms with E-state index in [-0.39, 0.29) is 0 Å². The van der Waals surface area contributed by atoms with Crippen LogP contribution in [0.5, 0.6) is 0 Å². The minimum atomic E-state index is 0.462. The third-order valence-corrected chi connectivity index (χ3v) is 4.27. The zero-order valence-electron chi connectivity index (χ0n) is 18.1. The molecule has 1 aliphatic heterocycles. The molecule has 0 unspecified atom stereocenters. The van der Waals surface area contributed by atoms with Gasteiger partial charge >= 0.3 is 6.01 Å². The number of aromatic nitrogens is 2. The number of rotatable bonds is 5. The normalized spacial score (nSPS) is 13.9. The standard InChI is InChI=1S/C17H25N5O.2C2H6/c1-4-16-20-21-17(23-16)19-15-10-12(2)9-14(13(15)3)11-22-7-5-18-6-8-22;2*1-2/h9-10,18H,4-8,11H2,1-3H3,(H,19,21);2*1-2H3. The van der Waals surface area contributed by atoms with Gasteiger partial charge in [0.15, 0.2) is 0 Å². The Labute approximate surface area is 164 Å². The van der Waals surface area contributed by atoms with Crippen molar-refractivity contribution in [1.82, 2.24) is 20.4 Å². The Morgan fingerprint density at radius 3 is 2.33 bits per heavy atom. The summed E-state index contributed by atoms with van der Waals surface area (Å²) >= 11 is 0. The molecule has 0 atom stereocenters. The quantitative estimate of drug-likeness (QED) is 0.805. The second-order valence-electron chi connectivity index (χ2n) is 6.10. The van der Waals surface area contributed by atoms with E-state index in [4.69, 9.17) is 4.42 Å². The van der Waals surface area contributed by atoms with Gasteiger partial charge in [-0.1, -0.05) is 45.8 Å². The van der Waals surface area contributed by atoms with Crippen LogP contribution in [0.15, 0.2) is 16.5 Å². The molecule has 6 nitrogen and oxygen atoms in total. The Kier molecular flexibility index (Phi) is 10.7. The first-order valence-electron chi connectivity index (χ1n) is 10.3. The molecule has 2 N–H and O–H groups in total. The predicted molar refractivity (Wildman–Crippen MR) is 114 cm³/mol. The zero-order valence-corrected chi connectivity index (χ0v) is 18.1. The minimum Gasteiger partial charge on any atom is -0.408 e. The largest absolute Gasteiger partial charge is 0.408 e. The van der Waals surface area contributed by atoms with Gasteiger partial charge in [-0.25, -0.2) is 0 Å². The van der Waals surface area contributed by atoms with Gasteiger partial charge in [0.1, 0.15) is 0 Å². The van der Waals surface area contributed by atoms with E-state index in [1.54, 1.807) is 0 Å². The molecule has 0 saturated carbocycles. The molecule has 2 heterocycles. The number of anilines is 2. The predicted octanol–water partition coefficient (Wildman–Crippen LogP) is 4.45. The molecule has 3 rings (SSSR count). The molecule has 1 saturated heterocycles. The first kappa shape index (κ1) is 23.1. The molecular formula is C21H37N5O. The highest BCUT2D eigenvalue weighted by Gasteiger charge is 2.14. The molecule has 27 heavy (non-hydrogen) atoms. The maximum absolute atomic E-state index is 5.57. The number of nitrogens with zero attached hydrogens (tertiary/aromatic N) is 3. The number of piperazine rings is 1. The van der Waals surface area contributed by atoms with E-state index in [2.05, 4.69) is 51.7 Å². The van der Waals surface area contributed by atoms with Gasteiger partial charge in [0.05, 0.1) is 0 Å². The summed E-state index contributed by atoms with van der Waals surface area (Å²) in [4.78, 5) is 2.49. The van der Waals surface area contributed by atoms with E-state index in [1.165, 1.54) is 16.7 Å². The summed E-state index contributed by atoms with van der Waals surface area (Å²) in [5, 5.41) is 14.7. The lowest BCUT2D eigenvalue weighted by atomic mass is 10.0. The Morgan fingerprint density at radius 2 is 1.74 bits per heavy atom. The molecule has 0 spiro atoms. The van der Waals surface area contributed by atoms with Gasteiger partial charge < -0.3 is 15.1 Å². The van der Waals surface area contributed by atoms with Crippen LogP contribution in [0.3, 0.4) is 0 Å². The van der Waals surface area contributed by atoms with Gasteiger partial charge in [-0.2, -0.15) is 0 Å². The van der Waals surface area contributed by atoms with Crippen LogP contribution in [0.1, 0.15) is 57.2 Å². The average Bonchev–Trinajstić information content (AvgIpc) is 3.17. The second kappa shape index (κ2) is 12.5. The van der Waals surface area contributed by atoms with E-state index in [0.717, 1.165) is 44.8 Å². The van der Waals surface area contributed by atoms with Crippen molar-refractivity contribution in [3.8, 4) is 0 Å². The van der Waals surface area contributed by atoms with Crippen LogP contribution in [-0.4, -0.2) is 41.3 Å². The van der Waals surface area contributed by atoms with E-state index in [0.29, 0.717) is 11.9 Å². The highest BCUT2D eigenvalue weighted by molar-refractivity contribution is 5.61. The molecule has 2 aromatic rings. The first-order valence-corrected chi connectivity index (χ1v) is 10.3. The third kappa shape index (κ3) is 6.96. The zero-order chi connectivity index (χ0) is 20.2. The summed E-state index contributed by atoms with van der Waals surface area (Å²) in [5.41, 5.74) is 4.87. The summed E-state index contributed by atoms with van der Waals surface area (Å²) < 4.78 is 5.57. The van der Waals surface area contributed by atoms with Crippen molar-refractivity contribution in [2.75, 3.05) is 31.5 Å². The summed E-state index contributed by atoms with van der Waals surface area (Å²) in [5.74, 6) is 0.652. The van der Waals surface area contributed by atoms with Crippen LogP contribution < -0.4 is 10.6 Å². The Hall–Kier alpha value is -1.92. The fourth-order valence-electron chi connectivity index (χ4n) is 2.90. The molecule has 0 radical (unpaired) electrons. The van der Waals surface area contributed by atoms with Crippen molar-refractivity contribution in [3.63, 3.8) is 0 Å². The monoisotopic (exact) mass is 375 g/mol. The molecule has 1 aliphatic rings. The Morgan fingerprint density at radius 1 is 1.07 bits per heavy atom. The lowest BCUT2D eigenvalue weighted by Gasteiger charge is -2.28. The molecule has 1 fully saturated rings. The van der Waals surface area contributed by atoms with E-state index in [9.17, 15) is 0 Å². The van der Waals surface area contributed by atoms with Crippen molar-refractivity contribution in [2.24, 2.45) is 0 Å². The molecule has 6 heteroatoms. The smallest absolute Gasteiger partial charge is 0.320 e. The van der Waals surface area contributed by atoms with Gasteiger partial charge in [-0.3, -0.25) is 4.90 Å². The van der Waals surface area contributed by atoms with E-state index < -0.39 is 0 Å². The fourth-order valence-corrected chi connectivity index (χ4v) is 2.90. The summed E-state index contributed by atoms with van der Waals surface area (Å²) in [6, 6.07) is 4.86. The summed E-state index contributed by atoms with van der Waals surface area (Å²) in [7, 11) is 0. The molecule has 0 amide bonds. The van der Waals surface area contributed by atoms with Crippen LogP contribution in [0.4, 0.5) is 11.7 Å². The van der Waals surface area contributed by atoms with E-state index >= 15 is 0 Å². The van der Waals surface area contributed by atoms with Crippen molar-refractivity contribution in [2.45, 2.75) is 61.4 Å². The number of benzene rings is 1. The number of hydrogen-bond acceptors (Lipinski definition) is 6. The molecule has 0 bridgehead atoms. The highest BCUT2D eigenvalue weighted by Crippen LogP contribution is 2.26. The SMILES string of the molecule is CC.CC.CCc1nnc(Nc2cc(C)cc(CN3CCNCC3)c2C)o1. The molecule has 1 aromatic heterocycles. The van der Waals surface area contributed by atoms with Crippen molar-refractivity contribution < 1.29 is 4.42 Å². The van der Waals surface area contributed by atoms with Gasteiger partial charge in [0, 0.05) is 44.8 Å². The summed E-state index contributed by atoms with van der Waals surface area (Å²) in [6.45, 7) is 19.6. The van der Waals surface area contributed by atoms with Crippen LogP contribution in [-0.2, 0) is 13.0 Å². The summed E-state index contributed by atoms with van der Waals surface area (Å²) in [6.07, 6.45) is 0.746. The van der Waals surface area contributed by atoms with Gasteiger partial charge in [-0.05, 0) is 36.6 Å². The lowest BCUT2D eigenvalue weighted by molar-refractivity contribution is 0.233. The van der Waals surface area contributed by atoms with Crippen LogP contribution in [0.2, 0.25) is 0 Å². The number of hydrogen-bond donors (Lipinski definition) is 2. The molecule has 0 aliphatic carbocycles. The first-order chi connectivity index (χ1) is 13.2. The van der Waals surface area contributed by atoms with Gasteiger partial charge in [0.25, 0.3) is 0 Å². The number of nitrogens with one attached hydrogen (secondary N) is 2. The third-order valence-electron chi connectivity index (χ3n) is 4.27. The topological polar surface area (TPSA) is 66.2 Å². The van der Waals surface area contributed by atoms with Crippen molar-refractivity contribution in [3.05, 3.63) is 34.7 Å². The maximum Gasteiger partial charge on any atom is 0.320 e. The number of aryl methyl sites for hydroxylation is 2. The maximum atomic E-state index is 5.57. The molecule has 1 aromatic carbocycles. The van der Waals surface area contributed by atoms with Crippen molar-refractivity contribution >= 4 is 11.7 Å². The molecule has 152 valence electrons. The Balaban J connectivity index is 0.000000855. The van der Waals surface area contributed by atoms with Crippen LogP contribution in [0, 0.1) is 13.8 Å². The van der Waals surface area contributed by atoms with Crippen molar-refractivity contribution in [1.29, 1.82) is 0 Å². The van der Waals surface area contributed by atoms with E-state index in [1.807, 2.05) is 34.6 Å². The average molecular weight is 376 g/mol.